The van der Waals surface area contributed by atoms with Crippen molar-refractivity contribution in [2.45, 2.75) is 11.8 Å². The van der Waals surface area contributed by atoms with Crippen molar-refractivity contribution >= 4 is 35.3 Å². The Morgan fingerprint density at radius 1 is 1.16 bits per heavy atom. The SMILES string of the molecule is Cc1cc([N+](=O)[O-])cc(S(=O)(=O)CCS(=O)(=O)Cl)c1. The minimum atomic E-state index is -3.94. The first-order chi connectivity index (χ1) is 8.51. The van der Waals surface area contributed by atoms with Crippen LogP contribution in [0.5, 0.6) is 0 Å². The fraction of sp³-hybridized carbons (Fsp3) is 0.333. The Morgan fingerprint density at radius 2 is 1.74 bits per heavy atom. The van der Waals surface area contributed by atoms with Crippen LogP contribution in [0, 0.1) is 17.0 Å². The van der Waals surface area contributed by atoms with E-state index in [0.717, 1.165) is 6.07 Å². The number of sulfone groups is 1. The van der Waals surface area contributed by atoms with Gasteiger partial charge in [-0.05, 0) is 18.6 Å². The number of nitro groups is 1. The second-order valence-corrected chi connectivity index (χ2v) is 8.83. The van der Waals surface area contributed by atoms with Crippen molar-refractivity contribution < 1.29 is 21.8 Å². The highest BCUT2D eigenvalue weighted by molar-refractivity contribution is 8.14. The number of non-ortho nitro benzene ring substituents is 1. The summed E-state index contributed by atoms with van der Waals surface area (Å²) < 4.78 is 45.2. The topological polar surface area (TPSA) is 111 Å². The quantitative estimate of drug-likeness (QED) is 0.457. The Balaban J connectivity index is 3.18. The minimum Gasteiger partial charge on any atom is -0.258 e. The lowest BCUT2D eigenvalue weighted by Gasteiger charge is -2.04. The molecule has 0 saturated heterocycles. The lowest BCUT2D eigenvalue weighted by atomic mass is 10.2. The van der Waals surface area contributed by atoms with Gasteiger partial charge < -0.3 is 0 Å². The van der Waals surface area contributed by atoms with Crippen LogP contribution >= 0.6 is 10.7 Å². The highest BCUT2D eigenvalue weighted by Gasteiger charge is 2.21. The molecule has 0 radical (unpaired) electrons. The van der Waals surface area contributed by atoms with Crippen LogP contribution < -0.4 is 0 Å². The second-order valence-electron chi connectivity index (χ2n) is 3.82. The van der Waals surface area contributed by atoms with Gasteiger partial charge in [-0.25, -0.2) is 16.8 Å². The van der Waals surface area contributed by atoms with Crippen LogP contribution in [0.1, 0.15) is 5.56 Å². The smallest absolute Gasteiger partial charge is 0.258 e. The average Bonchev–Trinajstić information content (AvgIpc) is 2.25. The van der Waals surface area contributed by atoms with Gasteiger partial charge in [0, 0.05) is 22.8 Å². The normalized spacial score (nSPS) is 12.3. The molecule has 0 spiro atoms. The van der Waals surface area contributed by atoms with Gasteiger partial charge in [-0.15, -0.1) is 0 Å². The Kier molecular flexibility index (Phi) is 4.54. The third-order valence-corrected chi connectivity index (χ3v) is 5.31. The van der Waals surface area contributed by atoms with Gasteiger partial charge in [-0.2, -0.15) is 0 Å². The maximum Gasteiger partial charge on any atom is 0.270 e. The van der Waals surface area contributed by atoms with Crippen molar-refractivity contribution in [2.75, 3.05) is 11.5 Å². The van der Waals surface area contributed by atoms with Gasteiger partial charge in [0.1, 0.15) is 0 Å². The number of hydrogen-bond donors (Lipinski definition) is 0. The average molecular weight is 328 g/mol. The van der Waals surface area contributed by atoms with Crippen LogP contribution in [0.25, 0.3) is 0 Å². The van der Waals surface area contributed by atoms with Crippen molar-refractivity contribution in [1.82, 2.24) is 0 Å². The van der Waals surface area contributed by atoms with Crippen LogP contribution in [0.3, 0.4) is 0 Å². The predicted octanol–water partition coefficient (Wildman–Crippen LogP) is 1.25. The first-order valence-electron chi connectivity index (χ1n) is 4.92. The van der Waals surface area contributed by atoms with Crippen molar-refractivity contribution in [3.05, 3.63) is 33.9 Å². The highest BCUT2D eigenvalue weighted by Crippen LogP contribution is 2.21. The van der Waals surface area contributed by atoms with E-state index in [4.69, 9.17) is 10.7 Å². The molecule has 1 aromatic rings. The van der Waals surface area contributed by atoms with E-state index >= 15 is 0 Å². The third kappa shape index (κ3) is 4.77. The summed E-state index contributed by atoms with van der Waals surface area (Å²) in [7, 11) is -2.94. The molecule has 19 heavy (non-hydrogen) atoms. The zero-order valence-electron chi connectivity index (χ0n) is 9.74. The number of hydrogen-bond acceptors (Lipinski definition) is 6. The zero-order chi connectivity index (χ0) is 14.8. The van der Waals surface area contributed by atoms with Crippen LogP contribution in [-0.4, -0.2) is 33.3 Å². The molecule has 10 heteroatoms. The molecule has 1 rings (SSSR count). The maximum atomic E-state index is 11.9. The van der Waals surface area contributed by atoms with E-state index in [1.165, 1.54) is 19.1 Å². The molecule has 1 aromatic carbocycles. The molecular formula is C9H10ClNO6S2. The molecule has 0 aromatic heterocycles. The van der Waals surface area contributed by atoms with Crippen molar-refractivity contribution in [2.24, 2.45) is 0 Å². The minimum absolute atomic E-state index is 0.292. The van der Waals surface area contributed by atoms with Crippen LogP contribution in [0.2, 0.25) is 0 Å². The summed E-state index contributed by atoms with van der Waals surface area (Å²) in [5.41, 5.74) is 0.0220. The molecular weight excluding hydrogens is 318 g/mol. The van der Waals surface area contributed by atoms with Gasteiger partial charge in [0.05, 0.1) is 21.3 Å². The van der Waals surface area contributed by atoms with Crippen LogP contribution in [0.15, 0.2) is 23.1 Å². The summed E-state index contributed by atoms with van der Waals surface area (Å²) in [6.07, 6.45) is 0. The van der Waals surface area contributed by atoms with E-state index in [1.807, 2.05) is 0 Å². The third-order valence-electron chi connectivity index (χ3n) is 2.20. The van der Waals surface area contributed by atoms with E-state index in [-0.39, 0.29) is 10.6 Å². The molecule has 0 atom stereocenters. The lowest BCUT2D eigenvalue weighted by Crippen LogP contribution is -2.14. The van der Waals surface area contributed by atoms with E-state index in [2.05, 4.69) is 0 Å². The van der Waals surface area contributed by atoms with Crippen molar-refractivity contribution in [1.29, 1.82) is 0 Å². The molecule has 0 unspecified atom stereocenters. The first kappa shape index (κ1) is 15.9. The molecule has 0 aliphatic heterocycles. The molecule has 0 fully saturated rings. The van der Waals surface area contributed by atoms with Gasteiger partial charge in [-0.1, -0.05) is 0 Å². The fourth-order valence-corrected chi connectivity index (χ4v) is 4.48. The molecule has 0 aliphatic carbocycles. The summed E-state index contributed by atoms with van der Waals surface area (Å²) in [6, 6.07) is 3.35. The van der Waals surface area contributed by atoms with Gasteiger partial charge in [0.15, 0.2) is 9.84 Å². The van der Waals surface area contributed by atoms with E-state index in [1.54, 1.807) is 0 Å². The Morgan fingerprint density at radius 3 is 2.21 bits per heavy atom. The largest absolute Gasteiger partial charge is 0.270 e. The number of rotatable bonds is 5. The number of aryl methyl sites for hydroxylation is 1. The standard InChI is InChI=1S/C9H10ClNO6S2/c1-7-4-8(11(12)13)6-9(5-7)18(14,15)2-3-19(10,16)17/h4-6H,2-3H2,1H3. The molecule has 0 bridgehead atoms. The van der Waals surface area contributed by atoms with Crippen LogP contribution in [-0.2, 0) is 18.9 Å². The zero-order valence-corrected chi connectivity index (χ0v) is 12.1. The monoisotopic (exact) mass is 327 g/mol. The first-order valence-corrected chi connectivity index (χ1v) is 9.05. The van der Waals surface area contributed by atoms with Gasteiger partial charge in [0.25, 0.3) is 5.69 Å². The van der Waals surface area contributed by atoms with E-state index in [0.29, 0.717) is 5.56 Å². The molecule has 0 N–H and O–H groups in total. The number of halogens is 1. The van der Waals surface area contributed by atoms with Gasteiger partial charge in [-0.3, -0.25) is 10.1 Å². The van der Waals surface area contributed by atoms with Crippen LogP contribution in [0.4, 0.5) is 5.69 Å². The summed E-state index contributed by atoms with van der Waals surface area (Å²) in [6.45, 7) is 1.50. The second kappa shape index (κ2) is 5.43. The molecule has 0 aliphatic rings. The molecule has 7 nitrogen and oxygen atoms in total. The fourth-order valence-electron chi connectivity index (χ4n) is 1.34. The number of nitrogens with zero attached hydrogens (tertiary/aromatic N) is 1. The molecule has 0 heterocycles. The molecule has 0 saturated carbocycles. The maximum absolute atomic E-state index is 11.9. The summed E-state index contributed by atoms with van der Waals surface area (Å²) in [5.74, 6) is -1.47. The summed E-state index contributed by atoms with van der Waals surface area (Å²) >= 11 is 0. The Bertz CT molecular complexity index is 710. The van der Waals surface area contributed by atoms with Gasteiger partial charge in [0.2, 0.25) is 9.05 Å². The predicted molar refractivity (Wildman–Crippen MR) is 69.5 cm³/mol. The highest BCUT2D eigenvalue weighted by atomic mass is 35.7. The summed E-state index contributed by atoms with van der Waals surface area (Å²) in [5, 5.41) is 10.6. The number of nitro benzene ring substituents is 1. The number of benzene rings is 1. The van der Waals surface area contributed by atoms with Crippen molar-refractivity contribution in [3.8, 4) is 0 Å². The van der Waals surface area contributed by atoms with Gasteiger partial charge >= 0.3 is 0 Å². The van der Waals surface area contributed by atoms with Crippen molar-refractivity contribution in [3.63, 3.8) is 0 Å². The summed E-state index contributed by atoms with van der Waals surface area (Å²) in [4.78, 5) is 9.63. The lowest BCUT2D eigenvalue weighted by molar-refractivity contribution is -0.385. The molecule has 0 amide bonds. The van der Waals surface area contributed by atoms with E-state index < -0.39 is 35.3 Å². The van der Waals surface area contributed by atoms with E-state index in [9.17, 15) is 26.9 Å². The molecule has 106 valence electrons. The Labute approximate surface area is 114 Å². The Hall–Kier alpha value is -1.19.